The molecule has 1 N–H and O–H groups in total. The van der Waals surface area contributed by atoms with E-state index in [9.17, 15) is 4.79 Å². The molecule has 0 unspecified atom stereocenters. The van der Waals surface area contributed by atoms with Gasteiger partial charge in [0.25, 0.3) is 5.91 Å². The highest BCUT2D eigenvalue weighted by Crippen LogP contribution is 2.25. The van der Waals surface area contributed by atoms with Gasteiger partial charge in [0.2, 0.25) is 5.95 Å². The normalized spacial score (nSPS) is 14.0. The third-order valence-electron chi connectivity index (χ3n) is 5.45. The van der Waals surface area contributed by atoms with E-state index in [1.165, 1.54) is 5.56 Å². The Morgan fingerprint density at radius 1 is 1.09 bits per heavy atom. The molecule has 8 nitrogen and oxygen atoms in total. The van der Waals surface area contributed by atoms with Gasteiger partial charge in [0.1, 0.15) is 5.82 Å². The van der Waals surface area contributed by atoms with Crippen LogP contribution in [0.3, 0.4) is 0 Å². The van der Waals surface area contributed by atoms with Gasteiger partial charge >= 0.3 is 0 Å². The molecular formula is C24H28ClN7O. The SMILES string of the molecule is Cc1ccnc(Nc2ccc(Cl)c(C(=O)N3CCN(c4ccc(CN(C)C)cn4)CC3)c2)n1. The summed E-state index contributed by atoms with van der Waals surface area (Å²) in [7, 11) is 4.08. The average molecular weight is 466 g/mol. The smallest absolute Gasteiger partial charge is 0.255 e. The van der Waals surface area contributed by atoms with Crippen molar-refractivity contribution in [2.75, 3.05) is 50.5 Å². The molecule has 0 aliphatic carbocycles. The van der Waals surface area contributed by atoms with Gasteiger partial charge in [-0.25, -0.2) is 15.0 Å². The first kappa shape index (κ1) is 22.9. The first-order valence-electron chi connectivity index (χ1n) is 10.9. The third kappa shape index (κ3) is 5.77. The number of halogens is 1. The fraction of sp³-hybridized carbons (Fsp3) is 0.333. The Morgan fingerprint density at radius 3 is 2.55 bits per heavy atom. The van der Waals surface area contributed by atoms with Crippen LogP contribution >= 0.6 is 11.6 Å². The lowest BCUT2D eigenvalue weighted by molar-refractivity contribution is 0.0746. The van der Waals surface area contributed by atoms with E-state index in [-0.39, 0.29) is 5.91 Å². The van der Waals surface area contributed by atoms with Gasteiger partial charge in [-0.15, -0.1) is 0 Å². The van der Waals surface area contributed by atoms with Gasteiger partial charge in [-0.3, -0.25) is 4.79 Å². The summed E-state index contributed by atoms with van der Waals surface area (Å²) in [5.41, 5.74) is 3.22. The average Bonchev–Trinajstić information content (AvgIpc) is 2.80. The number of aromatic nitrogens is 3. The molecule has 9 heteroatoms. The molecule has 1 fully saturated rings. The van der Waals surface area contributed by atoms with Crippen molar-refractivity contribution >= 4 is 35.0 Å². The summed E-state index contributed by atoms with van der Waals surface area (Å²) >= 11 is 6.38. The van der Waals surface area contributed by atoms with Crippen molar-refractivity contribution in [2.45, 2.75) is 13.5 Å². The lowest BCUT2D eigenvalue weighted by Crippen LogP contribution is -2.49. The fourth-order valence-electron chi connectivity index (χ4n) is 3.78. The highest BCUT2D eigenvalue weighted by Gasteiger charge is 2.24. The lowest BCUT2D eigenvalue weighted by Gasteiger charge is -2.35. The van der Waals surface area contributed by atoms with Crippen LogP contribution in [0.25, 0.3) is 0 Å². The quantitative estimate of drug-likeness (QED) is 0.595. The van der Waals surface area contributed by atoms with Crippen molar-refractivity contribution in [1.29, 1.82) is 0 Å². The van der Waals surface area contributed by atoms with E-state index in [2.05, 4.69) is 42.2 Å². The van der Waals surface area contributed by atoms with E-state index >= 15 is 0 Å². The Labute approximate surface area is 199 Å². The fourth-order valence-corrected chi connectivity index (χ4v) is 3.97. The summed E-state index contributed by atoms with van der Waals surface area (Å²) in [4.78, 5) is 32.5. The van der Waals surface area contributed by atoms with Crippen LogP contribution in [0.5, 0.6) is 0 Å². The summed E-state index contributed by atoms with van der Waals surface area (Å²) in [5, 5.41) is 3.57. The minimum atomic E-state index is -0.0808. The topological polar surface area (TPSA) is 77.5 Å². The molecule has 1 amide bonds. The molecule has 1 aliphatic heterocycles. The summed E-state index contributed by atoms with van der Waals surface area (Å²) < 4.78 is 0. The molecule has 33 heavy (non-hydrogen) atoms. The number of carbonyl (C=O) groups is 1. The number of aryl methyl sites for hydroxylation is 1. The predicted molar refractivity (Wildman–Crippen MR) is 131 cm³/mol. The maximum absolute atomic E-state index is 13.2. The maximum Gasteiger partial charge on any atom is 0.255 e. The molecule has 0 spiro atoms. The van der Waals surface area contributed by atoms with Gasteiger partial charge in [-0.1, -0.05) is 17.7 Å². The molecular weight excluding hydrogens is 438 g/mol. The van der Waals surface area contributed by atoms with E-state index in [1.54, 1.807) is 18.3 Å². The number of hydrogen-bond acceptors (Lipinski definition) is 7. The Balaban J connectivity index is 1.40. The van der Waals surface area contributed by atoms with Crippen molar-refractivity contribution < 1.29 is 4.79 Å². The van der Waals surface area contributed by atoms with Crippen LogP contribution in [0.2, 0.25) is 5.02 Å². The summed E-state index contributed by atoms with van der Waals surface area (Å²) in [6.45, 7) is 5.41. The first-order valence-corrected chi connectivity index (χ1v) is 11.3. The molecule has 2 aromatic heterocycles. The van der Waals surface area contributed by atoms with Crippen molar-refractivity contribution in [3.63, 3.8) is 0 Å². The molecule has 0 saturated carbocycles. The van der Waals surface area contributed by atoms with E-state index in [0.717, 1.165) is 31.1 Å². The number of pyridine rings is 1. The van der Waals surface area contributed by atoms with Crippen LogP contribution in [0.1, 0.15) is 21.6 Å². The van der Waals surface area contributed by atoms with Gasteiger partial charge < -0.3 is 20.0 Å². The number of piperazine rings is 1. The summed E-state index contributed by atoms with van der Waals surface area (Å²) in [6, 6.07) is 11.3. The predicted octanol–water partition coefficient (Wildman–Crippen LogP) is 3.60. The van der Waals surface area contributed by atoms with Crippen LogP contribution in [-0.2, 0) is 6.54 Å². The second kappa shape index (κ2) is 10.1. The van der Waals surface area contributed by atoms with Crippen LogP contribution in [-0.4, -0.2) is 70.9 Å². The van der Waals surface area contributed by atoms with Crippen LogP contribution in [0.15, 0.2) is 48.8 Å². The number of benzene rings is 1. The van der Waals surface area contributed by atoms with Crippen molar-refractivity contribution in [1.82, 2.24) is 24.8 Å². The van der Waals surface area contributed by atoms with E-state index in [4.69, 9.17) is 11.6 Å². The second-order valence-corrected chi connectivity index (χ2v) is 8.79. The zero-order chi connectivity index (χ0) is 23.4. The zero-order valence-corrected chi connectivity index (χ0v) is 19.9. The number of nitrogens with one attached hydrogen (secondary N) is 1. The van der Waals surface area contributed by atoms with Crippen LogP contribution in [0, 0.1) is 6.92 Å². The van der Waals surface area contributed by atoms with Gasteiger partial charge in [-0.2, -0.15) is 0 Å². The van der Waals surface area contributed by atoms with E-state index in [0.29, 0.717) is 35.3 Å². The standard InChI is InChI=1S/C24H28ClN7O/c1-17-8-9-26-24(28-17)29-19-5-6-21(25)20(14-19)23(33)32-12-10-31(11-13-32)22-7-4-18(15-27-22)16-30(2)3/h4-9,14-15H,10-13,16H2,1-3H3,(H,26,28,29). The molecule has 3 aromatic rings. The highest BCUT2D eigenvalue weighted by molar-refractivity contribution is 6.34. The molecule has 172 valence electrons. The van der Waals surface area contributed by atoms with Gasteiger partial charge in [0.05, 0.1) is 10.6 Å². The third-order valence-corrected chi connectivity index (χ3v) is 5.78. The zero-order valence-electron chi connectivity index (χ0n) is 19.1. The molecule has 0 radical (unpaired) electrons. The van der Waals surface area contributed by atoms with Crippen molar-refractivity contribution in [2.24, 2.45) is 0 Å². The number of hydrogen-bond donors (Lipinski definition) is 1. The van der Waals surface area contributed by atoms with Crippen molar-refractivity contribution in [3.8, 4) is 0 Å². The van der Waals surface area contributed by atoms with Gasteiger partial charge in [-0.05, 0) is 56.9 Å². The number of nitrogens with zero attached hydrogens (tertiary/aromatic N) is 6. The molecule has 1 saturated heterocycles. The highest BCUT2D eigenvalue weighted by atomic mass is 35.5. The Kier molecular flexibility index (Phi) is 7.05. The molecule has 1 aliphatic rings. The number of carbonyl (C=O) groups excluding carboxylic acids is 1. The van der Waals surface area contributed by atoms with E-state index < -0.39 is 0 Å². The van der Waals surface area contributed by atoms with Crippen LogP contribution < -0.4 is 10.2 Å². The molecule has 4 rings (SSSR count). The molecule has 1 aromatic carbocycles. The first-order chi connectivity index (χ1) is 15.9. The Hall–Kier alpha value is -3.23. The monoisotopic (exact) mass is 465 g/mol. The van der Waals surface area contributed by atoms with Crippen molar-refractivity contribution in [3.05, 3.63) is 70.6 Å². The minimum absolute atomic E-state index is 0.0808. The van der Waals surface area contributed by atoms with E-state index in [1.807, 2.05) is 44.2 Å². The van der Waals surface area contributed by atoms with Gasteiger partial charge in [0, 0.05) is 56.5 Å². The minimum Gasteiger partial charge on any atom is -0.353 e. The van der Waals surface area contributed by atoms with Gasteiger partial charge in [0.15, 0.2) is 0 Å². The molecule has 0 bridgehead atoms. The summed E-state index contributed by atoms with van der Waals surface area (Å²) in [6.07, 6.45) is 3.61. The Morgan fingerprint density at radius 2 is 1.88 bits per heavy atom. The molecule has 0 atom stereocenters. The Bertz CT molecular complexity index is 1110. The number of amides is 1. The number of rotatable bonds is 6. The lowest BCUT2D eigenvalue weighted by atomic mass is 10.1. The summed E-state index contributed by atoms with van der Waals surface area (Å²) in [5.74, 6) is 1.34. The second-order valence-electron chi connectivity index (χ2n) is 8.38. The number of anilines is 3. The largest absolute Gasteiger partial charge is 0.353 e. The van der Waals surface area contributed by atoms with Crippen LogP contribution in [0.4, 0.5) is 17.5 Å². The molecule has 3 heterocycles. The maximum atomic E-state index is 13.2.